The van der Waals surface area contributed by atoms with Crippen LogP contribution in [0.25, 0.3) is 46.6 Å². The standard InChI is InChI=1S/C58H44N2O/c1-57(2)47-33-37(23-29-43(47)45-31-27-41(35-49(45)57)59-51-15-7-5-13-39(51)25-26-40-14-6-8-16-52(40)59)21-22-38-24-30-44-46-32-28-42(36-50(46)58(3,4)48(44)34-38)60-53-17-9-11-19-55(53)61-56-20-12-10-18-54(56)60/h5-36H,1-4H3/b22-21+. The minimum atomic E-state index is -0.175. The number of benzene rings is 8. The van der Waals surface area contributed by atoms with Crippen LogP contribution in [-0.2, 0) is 10.8 Å². The van der Waals surface area contributed by atoms with Crippen LogP contribution in [0.1, 0.15) is 72.2 Å². The van der Waals surface area contributed by atoms with Gasteiger partial charge in [0.25, 0.3) is 0 Å². The number of hydrogen-bond donors (Lipinski definition) is 0. The lowest BCUT2D eigenvalue weighted by Crippen LogP contribution is -2.18. The number of ether oxygens (including phenoxy) is 1. The minimum absolute atomic E-state index is 0.165. The minimum Gasteiger partial charge on any atom is -0.453 e. The molecule has 0 N–H and O–H groups in total. The Morgan fingerprint density at radius 3 is 1.20 bits per heavy atom. The van der Waals surface area contributed by atoms with E-state index in [0.29, 0.717) is 0 Å². The second-order valence-electron chi connectivity index (χ2n) is 17.8. The molecule has 0 amide bonds. The topological polar surface area (TPSA) is 15.7 Å². The Hall–Kier alpha value is -7.36. The summed E-state index contributed by atoms with van der Waals surface area (Å²) in [4.78, 5) is 4.76. The van der Waals surface area contributed by atoms with E-state index in [2.05, 4.69) is 207 Å². The van der Waals surface area contributed by atoms with Crippen molar-refractivity contribution in [3.8, 4) is 33.8 Å². The first kappa shape index (κ1) is 35.6. The molecule has 3 heteroatoms. The summed E-state index contributed by atoms with van der Waals surface area (Å²) in [6, 6.07) is 62.0. The van der Waals surface area contributed by atoms with Crippen LogP contribution in [0, 0.1) is 0 Å². The summed E-state index contributed by atoms with van der Waals surface area (Å²) in [6.45, 7) is 9.48. The number of rotatable bonds is 4. The van der Waals surface area contributed by atoms with Crippen LogP contribution in [0.2, 0.25) is 0 Å². The number of nitrogens with zero attached hydrogens (tertiary/aromatic N) is 2. The second-order valence-corrected chi connectivity index (χ2v) is 17.8. The van der Waals surface area contributed by atoms with Crippen LogP contribution in [0.3, 0.4) is 0 Å². The van der Waals surface area contributed by atoms with E-state index in [1.807, 2.05) is 24.3 Å². The molecule has 0 aromatic heterocycles. The molecular weight excluding hydrogens is 741 g/mol. The Kier molecular flexibility index (Phi) is 7.62. The first-order valence-electron chi connectivity index (χ1n) is 21.3. The van der Waals surface area contributed by atoms with Gasteiger partial charge in [0, 0.05) is 22.2 Å². The van der Waals surface area contributed by atoms with E-state index in [0.717, 1.165) is 28.6 Å². The Bertz CT molecular complexity index is 3100. The summed E-state index contributed by atoms with van der Waals surface area (Å²) in [5.41, 5.74) is 22.0. The monoisotopic (exact) mass is 784 g/mol. The summed E-state index contributed by atoms with van der Waals surface area (Å²) >= 11 is 0. The van der Waals surface area contributed by atoms with Gasteiger partial charge in [0.05, 0.1) is 22.7 Å². The van der Waals surface area contributed by atoms with Gasteiger partial charge >= 0.3 is 0 Å². The maximum absolute atomic E-state index is 6.32. The molecule has 4 aliphatic rings. The Labute approximate surface area is 358 Å². The molecule has 0 saturated heterocycles. The van der Waals surface area contributed by atoms with Gasteiger partial charge in [0.2, 0.25) is 0 Å². The highest BCUT2D eigenvalue weighted by Gasteiger charge is 2.38. The number of para-hydroxylation sites is 6. The van der Waals surface area contributed by atoms with Gasteiger partial charge in [-0.05, 0) is 127 Å². The Balaban J connectivity index is 0.848. The van der Waals surface area contributed by atoms with Crippen molar-refractivity contribution in [2.45, 2.75) is 38.5 Å². The molecule has 0 atom stereocenters. The number of fused-ring (bicyclic) bond motifs is 10. The molecule has 0 unspecified atom stereocenters. The molecule has 12 rings (SSSR count). The summed E-state index contributed by atoms with van der Waals surface area (Å²) in [5.74, 6) is 1.73. The first-order valence-corrected chi connectivity index (χ1v) is 21.3. The third kappa shape index (κ3) is 5.36. The van der Waals surface area contributed by atoms with Crippen molar-refractivity contribution >= 4 is 58.4 Å². The quantitative estimate of drug-likeness (QED) is 0.165. The van der Waals surface area contributed by atoms with E-state index in [9.17, 15) is 0 Å². The lowest BCUT2D eigenvalue weighted by Gasteiger charge is -2.33. The van der Waals surface area contributed by atoms with Crippen molar-refractivity contribution in [1.29, 1.82) is 0 Å². The summed E-state index contributed by atoms with van der Waals surface area (Å²) in [6.07, 6.45) is 9.04. The second kappa shape index (κ2) is 13.1. The van der Waals surface area contributed by atoms with Gasteiger partial charge in [-0.15, -0.1) is 0 Å². The molecule has 8 aromatic carbocycles. The van der Waals surface area contributed by atoms with E-state index < -0.39 is 0 Å². The molecule has 0 bridgehead atoms. The van der Waals surface area contributed by atoms with E-state index >= 15 is 0 Å². The fourth-order valence-electron chi connectivity index (χ4n) is 10.4. The fraction of sp³-hybridized carbons (Fsp3) is 0.103. The normalized spacial score (nSPS) is 15.4. The van der Waals surface area contributed by atoms with Crippen LogP contribution in [0.5, 0.6) is 11.5 Å². The third-order valence-electron chi connectivity index (χ3n) is 13.6. The maximum Gasteiger partial charge on any atom is 0.151 e. The average Bonchev–Trinajstić information content (AvgIpc) is 3.55. The number of anilines is 6. The zero-order valence-corrected chi connectivity index (χ0v) is 34.8. The van der Waals surface area contributed by atoms with Crippen LogP contribution >= 0.6 is 0 Å². The molecular formula is C58H44N2O. The van der Waals surface area contributed by atoms with Crippen LogP contribution in [0.4, 0.5) is 34.1 Å². The van der Waals surface area contributed by atoms with Gasteiger partial charge < -0.3 is 14.5 Å². The molecule has 0 spiro atoms. The van der Waals surface area contributed by atoms with Crippen molar-refractivity contribution in [3.05, 3.63) is 214 Å². The van der Waals surface area contributed by atoms with E-state index in [1.54, 1.807) is 0 Å². The van der Waals surface area contributed by atoms with Crippen molar-refractivity contribution in [2.24, 2.45) is 0 Å². The zero-order valence-electron chi connectivity index (χ0n) is 34.8. The predicted molar refractivity (Wildman–Crippen MR) is 255 cm³/mol. The van der Waals surface area contributed by atoms with Crippen LogP contribution in [0.15, 0.2) is 170 Å². The lowest BCUT2D eigenvalue weighted by atomic mass is 9.81. The van der Waals surface area contributed by atoms with Gasteiger partial charge in [0.1, 0.15) is 0 Å². The highest BCUT2D eigenvalue weighted by Crippen LogP contribution is 2.55. The molecule has 3 nitrogen and oxygen atoms in total. The molecule has 0 radical (unpaired) electrons. The molecule has 2 aliphatic carbocycles. The maximum atomic E-state index is 6.32. The van der Waals surface area contributed by atoms with Gasteiger partial charge in [-0.2, -0.15) is 0 Å². The van der Waals surface area contributed by atoms with Crippen molar-refractivity contribution in [2.75, 3.05) is 9.80 Å². The number of hydrogen-bond acceptors (Lipinski definition) is 3. The van der Waals surface area contributed by atoms with Crippen molar-refractivity contribution < 1.29 is 4.74 Å². The zero-order chi connectivity index (χ0) is 41.0. The molecule has 292 valence electrons. The van der Waals surface area contributed by atoms with Gasteiger partial charge in [-0.1, -0.05) is 161 Å². The van der Waals surface area contributed by atoms with E-state index in [4.69, 9.17) is 4.74 Å². The van der Waals surface area contributed by atoms with E-state index in [-0.39, 0.29) is 10.8 Å². The SMILES string of the molecule is CC1(C)c2cc(/C=C/c3ccc4c(c3)C(C)(C)c3cc(N5c6ccccc6Oc6ccccc65)ccc3-4)ccc2-c2ccc(N3c4ccccc4C=Cc4ccccc43)cc21. The third-order valence-corrected chi connectivity index (χ3v) is 13.6. The largest absolute Gasteiger partial charge is 0.453 e. The highest BCUT2D eigenvalue weighted by atomic mass is 16.5. The van der Waals surface area contributed by atoms with Crippen molar-refractivity contribution in [3.63, 3.8) is 0 Å². The van der Waals surface area contributed by atoms with Crippen molar-refractivity contribution in [1.82, 2.24) is 0 Å². The molecule has 0 fully saturated rings. The van der Waals surface area contributed by atoms with Gasteiger partial charge in [-0.25, -0.2) is 0 Å². The van der Waals surface area contributed by atoms with E-state index in [1.165, 1.54) is 83.8 Å². The Morgan fingerprint density at radius 2 is 0.738 bits per heavy atom. The van der Waals surface area contributed by atoms with Gasteiger partial charge in [0.15, 0.2) is 11.5 Å². The summed E-state index contributed by atoms with van der Waals surface area (Å²) in [5, 5.41) is 0. The molecule has 2 aliphatic heterocycles. The summed E-state index contributed by atoms with van der Waals surface area (Å²) in [7, 11) is 0. The smallest absolute Gasteiger partial charge is 0.151 e. The molecule has 0 saturated carbocycles. The molecule has 8 aromatic rings. The van der Waals surface area contributed by atoms with Crippen LogP contribution < -0.4 is 14.5 Å². The average molecular weight is 785 g/mol. The molecule has 2 heterocycles. The van der Waals surface area contributed by atoms with Crippen LogP contribution in [-0.4, -0.2) is 0 Å². The first-order chi connectivity index (χ1) is 29.7. The van der Waals surface area contributed by atoms with Gasteiger partial charge in [-0.3, -0.25) is 0 Å². The lowest BCUT2D eigenvalue weighted by molar-refractivity contribution is 0.477. The highest BCUT2D eigenvalue weighted by molar-refractivity contribution is 5.95. The fourth-order valence-corrected chi connectivity index (χ4v) is 10.4. The molecule has 61 heavy (non-hydrogen) atoms. The summed E-state index contributed by atoms with van der Waals surface area (Å²) < 4.78 is 6.32. The predicted octanol–water partition coefficient (Wildman–Crippen LogP) is 16.0. The Morgan fingerprint density at radius 1 is 0.377 bits per heavy atom.